The number of aromatic amines is 1. The van der Waals surface area contributed by atoms with E-state index in [1.54, 1.807) is 27.3 Å². The number of amides is 1. The first-order chi connectivity index (χ1) is 18.5. The molecule has 2 unspecified atom stereocenters. The molecule has 0 radical (unpaired) electrons. The van der Waals surface area contributed by atoms with Gasteiger partial charge < -0.3 is 24.3 Å². The summed E-state index contributed by atoms with van der Waals surface area (Å²) in [5.41, 5.74) is 2.98. The van der Waals surface area contributed by atoms with Crippen LogP contribution in [0.15, 0.2) is 30.3 Å². The summed E-state index contributed by atoms with van der Waals surface area (Å²) in [6, 6.07) is 8.67. The van der Waals surface area contributed by atoms with Crippen LogP contribution in [0.4, 0.5) is 9.18 Å². The monoisotopic (exact) mass is 558 g/mol. The molecule has 0 saturated heterocycles. The molecule has 2 atom stereocenters. The Morgan fingerprint density at radius 1 is 1.23 bits per heavy atom. The Kier molecular flexibility index (Phi) is 9.07. The summed E-state index contributed by atoms with van der Waals surface area (Å²) < 4.78 is 25.8. The van der Waals surface area contributed by atoms with Crippen LogP contribution in [-0.4, -0.2) is 72.8 Å². The van der Waals surface area contributed by atoms with Gasteiger partial charge in [0.15, 0.2) is 0 Å². The highest BCUT2D eigenvalue weighted by molar-refractivity contribution is 6.35. The number of nitrogens with one attached hydrogen (secondary N) is 1. The highest BCUT2D eigenvalue weighted by Crippen LogP contribution is 2.48. The SMILES string of the molecule is COc1ccc(Cl)c2[nH]c(CCCN(C)CCC3(OC(=O)N(C)C)CCc4cc(F)ccc4C3C(C)C)nc12. The summed E-state index contributed by atoms with van der Waals surface area (Å²) in [6.45, 7) is 5.92. The highest BCUT2D eigenvalue weighted by Gasteiger charge is 2.48. The lowest BCUT2D eigenvalue weighted by Gasteiger charge is -2.47. The molecule has 39 heavy (non-hydrogen) atoms. The van der Waals surface area contributed by atoms with Gasteiger partial charge in [-0.15, -0.1) is 0 Å². The average molecular weight is 559 g/mol. The van der Waals surface area contributed by atoms with Gasteiger partial charge in [0.25, 0.3) is 0 Å². The molecule has 0 fully saturated rings. The summed E-state index contributed by atoms with van der Waals surface area (Å²) in [5.74, 6) is 1.54. The predicted octanol–water partition coefficient (Wildman–Crippen LogP) is 6.44. The molecule has 3 aromatic rings. The number of methoxy groups -OCH3 is 1. The number of nitrogens with zero attached hydrogens (tertiary/aromatic N) is 3. The second-order valence-corrected chi connectivity index (χ2v) is 11.6. The Morgan fingerprint density at radius 2 is 2.00 bits per heavy atom. The van der Waals surface area contributed by atoms with Crippen LogP contribution in [0.25, 0.3) is 11.0 Å². The minimum atomic E-state index is -0.666. The maximum Gasteiger partial charge on any atom is 0.409 e. The molecule has 1 N–H and O–H groups in total. The van der Waals surface area contributed by atoms with Gasteiger partial charge in [0.1, 0.15) is 28.5 Å². The van der Waals surface area contributed by atoms with E-state index in [0.29, 0.717) is 30.0 Å². The molecule has 2 aromatic carbocycles. The average Bonchev–Trinajstić information content (AvgIpc) is 3.32. The first-order valence-electron chi connectivity index (χ1n) is 13.6. The Hall–Kier alpha value is -2.84. The molecule has 4 rings (SSSR count). The van der Waals surface area contributed by atoms with E-state index in [9.17, 15) is 9.18 Å². The summed E-state index contributed by atoms with van der Waals surface area (Å²) in [6.07, 6.45) is 3.37. The number of imidazole rings is 1. The van der Waals surface area contributed by atoms with Crippen molar-refractivity contribution in [3.8, 4) is 5.75 Å². The molecule has 0 bridgehead atoms. The van der Waals surface area contributed by atoms with Crippen LogP contribution in [0.1, 0.15) is 56.0 Å². The standard InChI is InChI=1S/C30H40ClFN4O3/c1-19(2)26-22-10-9-21(32)18-20(22)13-14-30(26,39-29(37)35(3)4)15-17-36(5)16-7-8-25-33-27-23(31)11-12-24(38-6)28(27)34-25/h9-12,18-19,26H,7-8,13-17H2,1-6H3,(H,33,34). The van der Waals surface area contributed by atoms with E-state index in [1.165, 1.54) is 11.0 Å². The number of benzene rings is 2. The van der Waals surface area contributed by atoms with Crippen molar-refractivity contribution in [3.63, 3.8) is 0 Å². The Labute approximate surface area is 235 Å². The number of carbonyl (C=O) groups is 1. The number of fused-ring (bicyclic) bond motifs is 2. The van der Waals surface area contributed by atoms with Gasteiger partial charge in [-0.05, 0) is 74.2 Å². The highest BCUT2D eigenvalue weighted by atomic mass is 35.5. The lowest BCUT2D eigenvalue weighted by Crippen LogP contribution is -2.50. The third-order valence-electron chi connectivity index (χ3n) is 7.84. The lowest BCUT2D eigenvalue weighted by atomic mass is 9.65. The van der Waals surface area contributed by atoms with Gasteiger partial charge in [-0.2, -0.15) is 0 Å². The number of halogens is 2. The van der Waals surface area contributed by atoms with E-state index in [-0.39, 0.29) is 23.7 Å². The van der Waals surface area contributed by atoms with Crippen molar-refractivity contribution in [1.82, 2.24) is 19.8 Å². The Balaban J connectivity index is 1.45. The molecule has 0 saturated carbocycles. The van der Waals surface area contributed by atoms with Crippen molar-refractivity contribution in [2.75, 3.05) is 41.3 Å². The third-order valence-corrected chi connectivity index (χ3v) is 8.16. The van der Waals surface area contributed by atoms with Crippen LogP contribution in [0, 0.1) is 11.7 Å². The van der Waals surface area contributed by atoms with Crippen LogP contribution in [0.2, 0.25) is 5.02 Å². The van der Waals surface area contributed by atoms with Gasteiger partial charge in [0, 0.05) is 39.4 Å². The van der Waals surface area contributed by atoms with Crippen LogP contribution in [-0.2, 0) is 17.6 Å². The quantitative estimate of drug-likeness (QED) is 0.310. The largest absolute Gasteiger partial charge is 0.494 e. The molecule has 1 aromatic heterocycles. The first kappa shape index (κ1) is 29.2. The molecule has 1 heterocycles. The molecule has 1 amide bonds. The van der Waals surface area contributed by atoms with Crippen LogP contribution >= 0.6 is 11.6 Å². The second-order valence-electron chi connectivity index (χ2n) is 11.2. The minimum Gasteiger partial charge on any atom is -0.494 e. The summed E-state index contributed by atoms with van der Waals surface area (Å²) >= 11 is 6.35. The zero-order chi connectivity index (χ0) is 28.3. The molecule has 9 heteroatoms. The molecule has 1 aliphatic carbocycles. The number of hydrogen-bond donors (Lipinski definition) is 1. The van der Waals surface area contributed by atoms with Crippen LogP contribution in [0.3, 0.4) is 0 Å². The minimum absolute atomic E-state index is 0.0190. The topological polar surface area (TPSA) is 70.7 Å². The van der Waals surface area contributed by atoms with E-state index in [0.717, 1.165) is 53.9 Å². The maximum absolute atomic E-state index is 14.0. The van der Waals surface area contributed by atoms with E-state index < -0.39 is 5.60 Å². The van der Waals surface area contributed by atoms with Gasteiger partial charge in [-0.1, -0.05) is 31.5 Å². The Morgan fingerprint density at radius 3 is 2.69 bits per heavy atom. The lowest BCUT2D eigenvalue weighted by molar-refractivity contribution is -0.0539. The van der Waals surface area contributed by atoms with Crippen molar-refractivity contribution < 1.29 is 18.7 Å². The van der Waals surface area contributed by atoms with Gasteiger partial charge >= 0.3 is 6.09 Å². The van der Waals surface area contributed by atoms with Crippen molar-refractivity contribution in [2.45, 2.75) is 57.5 Å². The number of hydrogen-bond acceptors (Lipinski definition) is 5. The smallest absolute Gasteiger partial charge is 0.409 e. The second kappa shape index (κ2) is 12.1. The van der Waals surface area contributed by atoms with Crippen LogP contribution in [0.5, 0.6) is 5.75 Å². The fourth-order valence-electron chi connectivity index (χ4n) is 5.93. The molecular weight excluding hydrogens is 519 g/mol. The number of rotatable bonds is 10. The first-order valence-corrected chi connectivity index (χ1v) is 14.0. The van der Waals surface area contributed by atoms with Crippen molar-refractivity contribution in [1.29, 1.82) is 0 Å². The Bertz CT molecular complexity index is 1310. The molecule has 212 valence electrons. The molecule has 1 aliphatic rings. The predicted molar refractivity (Wildman–Crippen MR) is 153 cm³/mol. The van der Waals surface area contributed by atoms with Gasteiger partial charge in [-0.3, -0.25) is 0 Å². The fraction of sp³-hybridized carbons (Fsp3) is 0.533. The normalized spacial score (nSPS) is 19.0. The number of carbonyl (C=O) groups excluding carboxylic acids is 1. The fourth-order valence-corrected chi connectivity index (χ4v) is 6.13. The zero-order valence-corrected chi connectivity index (χ0v) is 24.6. The van der Waals surface area contributed by atoms with Gasteiger partial charge in [-0.25, -0.2) is 14.2 Å². The number of H-pyrrole nitrogens is 1. The zero-order valence-electron chi connectivity index (χ0n) is 23.8. The molecular formula is C30H40ClFN4O3. The van der Waals surface area contributed by atoms with Gasteiger partial charge in [0.2, 0.25) is 0 Å². The van der Waals surface area contributed by atoms with Crippen molar-refractivity contribution in [2.24, 2.45) is 5.92 Å². The van der Waals surface area contributed by atoms with E-state index in [4.69, 9.17) is 26.1 Å². The number of ether oxygens (including phenoxy) is 2. The third kappa shape index (κ3) is 6.33. The van der Waals surface area contributed by atoms with Crippen molar-refractivity contribution >= 4 is 28.7 Å². The summed E-state index contributed by atoms with van der Waals surface area (Å²) in [4.78, 5) is 24.7. The summed E-state index contributed by atoms with van der Waals surface area (Å²) in [7, 11) is 7.14. The van der Waals surface area contributed by atoms with Crippen molar-refractivity contribution in [3.05, 3.63) is 58.1 Å². The summed E-state index contributed by atoms with van der Waals surface area (Å²) in [5, 5.41) is 0.621. The maximum atomic E-state index is 14.0. The molecule has 7 nitrogen and oxygen atoms in total. The van der Waals surface area contributed by atoms with E-state index in [2.05, 4.69) is 30.8 Å². The van der Waals surface area contributed by atoms with E-state index >= 15 is 0 Å². The van der Waals surface area contributed by atoms with Gasteiger partial charge in [0.05, 0.1) is 17.6 Å². The number of aromatic nitrogens is 2. The van der Waals surface area contributed by atoms with E-state index in [1.807, 2.05) is 18.2 Å². The molecule has 0 aliphatic heterocycles. The van der Waals surface area contributed by atoms with Crippen LogP contribution < -0.4 is 4.74 Å². The number of aryl methyl sites for hydroxylation is 2. The molecule has 0 spiro atoms.